The molecule has 0 spiro atoms. The third-order valence-electron chi connectivity index (χ3n) is 4.95. The minimum Gasteiger partial charge on any atom is -0.483 e. The standard InChI is InChI=1S/C21H28N6O2.CH2O2/c1-3-5-23-21(29)27-6-4-16(14-27)7-17-8-18(11-22-10-17)20(28)26-13-19-12-24-15(2)9-25-19;2-1-3/h8-12,16H,3-7,13-14H2,1-2H3,(H,23,29)(H,26,28);1H,(H,2,3). The van der Waals surface area contributed by atoms with Gasteiger partial charge < -0.3 is 20.6 Å². The average Bonchev–Trinajstić information content (AvgIpc) is 3.26. The van der Waals surface area contributed by atoms with Crippen molar-refractivity contribution in [2.45, 2.75) is 39.7 Å². The molecule has 0 radical (unpaired) electrons. The third-order valence-corrected chi connectivity index (χ3v) is 4.95. The van der Waals surface area contributed by atoms with Gasteiger partial charge in [0.25, 0.3) is 12.4 Å². The summed E-state index contributed by atoms with van der Waals surface area (Å²) in [5.74, 6) is 0.194. The first-order chi connectivity index (χ1) is 15.5. The van der Waals surface area contributed by atoms with Gasteiger partial charge in [-0.2, -0.15) is 0 Å². The van der Waals surface area contributed by atoms with E-state index in [-0.39, 0.29) is 18.4 Å². The van der Waals surface area contributed by atoms with Gasteiger partial charge in [0.1, 0.15) is 0 Å². The van der Waals surface area contributed by atoms with Gasteiger partial charge in [0, 0.05) is 38.2 Å². The van der Waals surface area contributed by atoms with Crippen LogP contribution in [-0.2, 0) is 17.8 Å². The molecule has 2 aromatic heterocycles. The van der Waals surface area contributed by atoms with Crippen molar-refractivity contribution in [3.63, 3.8) is 0 Å². The number of hydrogen-bond acceptors (Lipinski definition) is 6. The van der Waals surface area contributed by atoms with Gasteiger partial charge in [-0.3, -0.25) is 24.5 Å². The van der Waals surface area contributed by atoms with Crippen LogP contribution in [0.3, 0.4) is 0 Å². The number of carboxylic acid groups (broad SMARTS) is 1. The van der Waals surface area contributed by atoms with E-state index in [1.54, 1.807) is 24.8 Å². The molecule has 0 aromatic carbocycles. The van der Waals surface area contributed by atoms with Crippen molar-refractivity contribution in [2.75, 3.05) is 19.6 Å². The number of carbonyl (C=O) groups excluding carboxylic acids is 2. The lowest BCUT2D eigenvalue weighted by Crippen LogP contribution is -2.38. The number of nitrogens with one attached hydrogen (secondary N) is 2. The highest BCUT2D eigenvalue weighted by Gasteiger charge is 2.26. The highest BCUT2D eigenvalue weighted by molar-refractivity contribution is 5.93. The lowest BCUT2D eigenvalue weighted by atomic mass is 9.99. The van der Waals surface area contributed by atoms with E-state index in [0.29, 0.717) is 30.3 Å². The molecule has 10 nitrogen and oxygen atoms in total. The van der Waals surface area contributed by atoms with Crippen molar-refractivity contribution in [1.29, 1.82) is 0 Å². The molecule has 10 heteroatoms. The predicted molar refractivity (Wildman–Crippen MR) is 118 cm³/mol. The average molecular weight is 443 g/mol. The number of rotatable bonds is 7. The zero-order chi connectivity index (χ0) is 23.3. The molecule has 1 unspecified atom stereocenters. The van der Waals surface area contributed by atoms with Gasteiger partial charge in [-0.1, -0.05) is 6.92 Å². The lowest BCUT2D eigenvalue weighted by Gasteiger charge is -2.17. The van der Waals surface area contributed by atoms with Crippen molar-refractivity contribution < 1.29 is 19.5 Å². The summed E-state index contributed by atoms with van der Waals surface area (Å²) < 4.78 is 0. The summed E-state index contributed by atoms with van der Waals surface area (Å²) in [6.07, 6.45) is 9.39. The van der Waals surface area contributed by atoms with Gasteiger partial charge in [-0.15, -0.1) is 0 Å². The normalized spacial score (nSPS) is 14.8. The molecule has 1 atom stereocenters. The maximum Gasteiger partial charge on any atom is 0.317 e. The van der Waals surface area contributed by atoms with E-state index >= 15 is 0 Å². The molecular weight excluding hydrogens is 412 g/mol. The van der Waals surface area contributed by atoms with Crippen molar-refractivity contribution in [1.82, 2.24) is 30.5 Å². The molecule has 0 aliphatic carbocycles. The Bertz CT molecular complexity index is 890. The van der Waals surface area contributed by atoms with Crippen LogP contribution in [0.4, 0.5) is 4.79 Å². The smallest absolute Gasteiger partial charge is 0.317 e. The molecule has 3 N–H and O–H groups in total. The number of pyridine rings is 1. The van der Waals surface area contributed by atoms with Crippen LogP contribution in [-0.4, -0.2) is 63.0 Å². The Morgan fingerprint density at radius 1 is 1.22 bits per heavy atom. The largest absolute Gasteiger partial charge is 0.483 e. The lowest BCUT2D eigenvalue weighted by molar-refractivity contribution is -0.122. The van der Waals surface area contributed by atoms with E-state index < -0.39 is 0 Å². The molecule has 1 saturated heterocycles. The first kappa shape index (κ1) is 24.7. The van der Waals surface area contributed by atoms with E-state index in [4.69, 9.17) is 9.90 Å². The Labute approximate surface area is 187 Å². The number of carbonyl (C=O) groups is 3. The van der Waals surface area contributed by atoms with Gasteiger partial charge in [-0.05, 0) is 43.7 Å². The summed E-state index contributed by atoms with van der Waals surface area (Å²) in [5.41, 5.74) is 3.08. The molecule has 3 rings (SSSR count). The van der Waals surface area contributed by atoms with E-state index in [9.17, 15) is 9.59 Å². The second-order valence-corrected chi connectivity index (χ2v) is 7.56. The number of nitrogens with zero attached hydrogens (tertiary/aromatic N) is 4. The third kappa shape index (κ3) is 7.93. The summed E-state index contributed by atoms with van der Waals surface area (Å²) in [6.45, 7) is 6.19. The quantitative estimate of drug-likeness (QED) is 0.556. The second-order valence-electron chi connectivity index (χ2n) is 7.56. The first-order valence-electron chi connectivity index (χ1n) is 10.6. The monoisotopic (exact) mass is 442 g/mol. The molecular formula is C22H30N6O4. The number of aryl methyl sites for hydroxylation is 1. The van der Waals surface area contributed by atoms with Crippen molar-refractivity contribution in [3.8, 4) is 0 Å². The number of amides is 3. The molecule has 2 aromatic rings. The Balaban J connectivity index is 0.00000114. The Morgan fingerprint density at radius 3 is 2.69 bits per heavy atom. The molecule has 172 valence electrons. The summed E-state index contributed by atoms with van der Waals surface area (Å²) in [7, 11) is 0. The van der Waals surface area contributed by atoms with Gasteiger partial charge >= 0.3 is 6.03 Å². The zero-order valence-electron chi connectivity index (χ0n) is 18.5. The van der Waals surface area contributed by atoms with E-state index in [1.165, 1.54) is 0 Å². The number of likely N-dealkylation sites (tertiary alicyclic amines) is 1. The Kier molecular flexibility index (Phi) is 10.0. The van der Waals surface area contributed by atoms with E-state index in [1.807, 2.05) is 24.8 Å². The maximum absolute atomic E-state index is 12.5. The summed E-state index contributed by atoms with van der Waals surface area (Å²) in [5, 5.41) is 12.7. The fourth-order valence-electron chi connectivity index (χ4n) is 3.37. The zero-order valence-corrected chi connectivity index (χ0v) is 18.5. The second kappa shape index (κ2) is 13.0. The fraction of sp³-hybridized carbons (Fsp3) is 0.455. The van der Waals surface area contributed by atoms with Crippen molar-refractivity contribution >= 4 is 18.4 Å². The minimum atomic E-state index is -0.250. The van der Waals surface area contributed by atoms with Crippen LogP contribution < -0.4 is 10.6 Å². The van der Waals surface area contributed by atoms with Gasteiger partial charge in [0.05, 0.1) is 29.7 Å². The molecule has 0 bridgehead atoms. The molecule has 1 fully saturated rings. The van der Waals surface area contributed by atoms with E-state index in [0.717, 1.165) is 43.6 Å². The van der Waals surface area contributed by atoms with Crippen LogP contribution in [0.2, 0.25) is 0 Å². The van der Waals surface area contributed by atoms with Crippen LogP contribution in [0.1, 0.15) is 47.1 Å². The van der Waals surface area contributed by atoms with Crippen LogP contribution in [0.15, 0.2) is 30.9 Å². The van der Waals surface area contributed by atoms with Crippen LogP contribution in [0, 0.1) is 12.8 Å². The predicted octanol–water partition coefficient (Wildman–Crippen LogP) is 1.79. The number of aromatic nitrogens is 3. The molecule has 3 amide bonds. The van der Waals surface area contributed by atoms with Crippen LogP contribution in [0.25, 0.3) is 0 Å². The maximum atomic E-state index is 12.5. The van der Waals surface area contributed by atoms with E-state index in [2.05, 4.69) is 25.6 Å². The molecule has 32 heavy (non-hydrogen) atoms. The van der Waals surface area contributed by atoms with Crippen LogP contribution >= 0.6 is 0 Å². The molecule has 3 heterocycles. The number of hydrogen-bond donors (Lipinski definition) is 3. The van der Waals surface area contributed by atoms with Gasteiger partial charge in [-0.25, -0.2) is 4.79 Å². The first-order valence-corrected chi connectivity index (χ1v) is 10.6. The summed E-state index contributed by atoms with van der Waals surface area (Å²) in [6, 6.07) is 1.89. The Hall–Kier alpha value is -3.56. The van der Waals surface area contributed by atoms with Crippen molar-refractivity contribution in [2.24, 2.45) is 5.92 Å². The number of urea groups is 1. The fourth-order valence-corrected chi connectivity index (χ4v) is 3.37. The van der Waals surface area contributed by atoms with Gasteiger partial charge in [0.2, 0.25) is 0 Å². The summed E-state index contributed by atoms with van der Waals surface area (Å²) >= 11 is 0. The van der Waals surface area contributed by atoms with Gasteiger partial charge in [0.15, 0.2) is 0 Å². The molecule has 0 saturated carbocycles. The molecule has 1 aliphatic rings. The van der Waals surface area contributed by atoms with Crippen molar-refractivity contribution in [3.05, 3.63) is 53.4 Å². The Morgan fingerprint density at radius 2 is 2.00 bits per heavy atom. The minimum absolute atomic E-state index is 0.0137. The molecule has 1 aliphatic heterocycles. The topological polar surface area (TPSA) is 137 Å². The SMILES string of the molecule is CCCNC(=O)N1CCC(Cc2cncc(C(=O)NCc3cnc(C)cn3)c2)C1.O=CO. The highest BCUT2D eigenvalue weighted by atomic mass is 16.3. The highest BCUT2D eigenvalue weighted by Crippen LogP contribution is 2.21. The van der Waals surface area contributed by atoms with Crippen LogP contribution in [0.5, 0.6) is 0 Å². The summed E-state index contributed by atoms with van der Waals surface area (Å²) in [4.78, 5) is 47.4.